The van der Waals surface area contributed by atoms with E-state index in [9.17, 15) is 5.26 Å². The highest BCUT2D eigenvalue weighted by atomic mass is 35.5. The molecule has 2 aromatic carbocycles. The van der Waals surface area contributed by atoms with Gasteiger partial charge in [0, 0.05) is 16.9 Å². The molecule has 3 aromatic rings. The number of ether oxygens (including phenoxy) is 1. The van der Waals surface area contributed by atoms with Gasteiger partial charge in [0.25, 0.3) is 0 Å². The second kappa shape index (κ2) is 7.51. The Morgan fingerprint density at radius 1 is 1.28 bits per heavy atom. The van der Waals surface area contributed by atoms with E-state index in [4.69, 9.17) is 16.3 Å². The van der Waals surface area contributed by atoms with Crippen molar-refractivity contribution in [3.05, 3.63) is 64.7 Å². The van der Waals surface area contributed by atoms with Gasteiger partial charge in [0.2, 0.25) is 0 Å². The van der Waals surface area contributed by atoms with Gasteiger partial charge in [-0.05, 0) is 48.0 Å². The molecule has 124 valence electrons. The summed E-state index contributed by atoms with van der Waals surface area (Å²) in [6.07, 6.45) is 1.64. The van der Waals surface area contributed by atoms with Gasteiger partial charge in [-0.15, -0.1) is 0 Å². The number of H-pyrrole nitrogens is 1. The number of nitrogens with one attached hydrogen (secondary N) is 2. The van der Waals surface area contributed by atoms with Crippen LogP contribution in [0.3, 0.4) is 0 Å². The molecular formula is C18H14ClN5O. The molecule has 0 radical (unpaired) electrons. The van der Waals surface area contributed by atoms with Crippen molar-refractivity contribution in [1.82, 2.24) is 10.2 Å². The Kier molecular flexibility index (Phi) is 4.97. The Hall–Kier alpha value is -3.30. The lowest BCUT2D eigenvalue weighted by molar-refractivity contribution is 0.415. The zero-order valence-electron chi connectivity index (χ0n) is 13.3. The number of nitriles is 1. The number of methoxy groups -OCH3 is 1. The fraction of sp³-hybridized carbons (Fsp3) is 0.0556. The first-order chi connectivity index (χ1) is 12.2. The molecule has 0 aliphatic carbocycles. The number of anilines is 2. The van der Waals surface area contributed by atoms with E-state index in [1.807, 2.05) is 36.4 Å². The zero-order valence-corrected chi connectivity index (χ0v) is 14.1. The van der Waals surface area contributed by atoms with Crippen molar-refractivity contribution in [3.63, 3.8) is 0 Å². The van der Waals surface area contributed by atoms with Crippen LogP contribution in [0.2, 0.25) is 5.02 Å². The Balaban J connectivity index is 1.82. The highest BCUT2D eigenvalue weighted by Crippen LogP contribution is 2.26. The minimum Gasteiger partial charge on any atom is -0.497 e. The van der Waals surface area contributed by atoms with Crippen molar-refractivity contribution in [1.29, 1.82) is 5.26 Å². The Morgan fingerprint density at radius 3 is 2.76 bits per heavy atom. The van der Waals surface area contributed by atoms with Crippen LogP contribution in [-0.2, 0) is 0 Å². The number of halogens is 1. The van der Waals surface area contributed by atoms with Gasteiger partial charge in [0.15, 0.2) is 5.82 Å². The number of aromatic nitrogens is 2. The molecule has 0 atom stereocenters. The van der Waals surface area contributed by atoms with Gasteiger partial charge in [0.1, 0.15) is 23.2 Å². The van der Waals surface area contributed by atoms with Crippen LogP contribution < -0.4 is 10.1 Å². The van der Waals surface area contributed by atoms with E-state index in [0.717, 1.165) is 17.0 Å². The predicted octanol–water partition coefficient (Wildman–Crippen LogP) is 4.44. The monoisotopic (exact) mass is 351 g/mol. The summed E-state index contributed by atoms with van der Waals surface area (Å²) in [5.41, 5.74) is 1.94. The highest BCUT2D eigenvalue weighted by Gasteiger charge is 2.12. The summed E-state index contributed by atoms with van der Waals surface area (Å²) in [6, 6.07) is 16.7. The highest BCUT2D eigenvalue weighted by molar-refractivity contribution is 6.30. The second-order valence-electron chi connectivity index (χ2n) is 5.08. The van der Waals surface area contributed by atoms with Gasteiger partial charge in [-0.1, -0.05) is 17.7 Å². The Labute approximate surface area is 149 Å². The molecule has 0 saturated carbocycles. The molecule has 0 bridgehead atoms. The van der Waals surface area contributed by atoms with Crippen molar-refractivity contribution in [2.75, 3.05) is 12.4 Å². The second-order valence-corrected chi connectivity index (χ2v) is 5.51. The van der Waals surface area contributed by atoms with E-state index < -0.39 is 0 Å². The number of nitrogens with zero attached hydrogens (tertiary/aromatic N) is 3. The molecule has 0 spiro atoms. The van der Waals surface area contributed by atoms with Crippen LogP contribution in [0, 0.1) is 11.3 Å². The minimum atomic E-state index is 0.308. The third-order valence-corrected chi connectivity index (χ3v) is 3.64. The van der Waals surface area contributed by atoms with Crippen molar-refractivity contribution in [2.45, 2.75) is 0 Å². The van der Waals surface area contributed by atoms with Gasteiger partial charge < -0.3 is 10.1 Å². The van der Waals surface area contributed by atoms with Crippen molar-refractivity contribution in [2.24, 2.45) is 4.99 Å². The summed E-state index contributed by atoms with van der Waals surface area (Å²) in [4.78, 5) is 4.29. The van der Waals surface area contributed by atoms with Crippen LogP contribution in [-0.4, -0.2) is 23.5 Å². The molecule has 6 nitrogen and oxygen atoms in total. The lowest BCUT2D eigenvalue weighted by atomic mass is 10.2. The first-order valence-electron chi connectivity index (χ1n) is 7.39. The summed E-state index contributed by atoms with van der Waals surface area (Å²) in [7, 11) is 1.61. The van der Waals surface area contributed by atoms with Crippen LogP contribution in [0.25, 0.3) is 0 Å². The van der Waals surface area contributed by atoms with E-state index in [1.54, 1.807) is 25.5 Å². The van der Waals surface area contributed by atoms with E-state index in [-0.39, 0.29) is 0 Å². The molecule has 0 fully saturated rings. The van der Waals surface area contributed by atoms with Crippen LogP contribution in [0.4, 0.5) is 17.3 Å². The molecule has 25 heavy (non-hydrogen) atoms. The van der Waals surface area contributed by atoms with Gasteiger partial charge >= 0.3 is 0 Å². The van der Waals surface area contributed by atoms with Crippen molar-refractivity contribution >= 4 is 35.1 Å². The average Bonchev–Trinajstić information content (AvgIpc) is 3.02. The molecule has 1 heterocycles. The molecule has 0 saturated heterocycles. The van der Waals surface area contributed by atoms with Gasteiger partial charge in [-0.3, -0.25) is 5.10 Å². The third-order valence-electron chi connectivity index (χ3n) is 3.40. The molecule has 7 heteroatoms. The average molecular weight is 352 g/mol. The van der Waals surface area contributed by atoms with E-state index >= 15 is 0 Å². The smallest absolute Gasteiger partial charge is 0.193 e. The number of hydrogen-bond acceptors (Lipinski definition) is 5. The standard InChI is InChI=1S/C18H14ClN5O/c1-25-15-7-5-12(6-8-15)11-21-17-16(10-20)18(24-23-17)22-14-4-2-3-13(19)9-14/h2-9,11H,1H3,(H2,22,23,24). The van der Waals surface area contributed by atoms with Gasteiger partial charge in [-0.2, -0.15) is 10.4 Å². The summed E-state index contributed by atoms with van der Waals surface area (Å²) in [5.74, 6) is 1.54. The minimum absolute atomic E-state index is 0.308. The number of benzene rings is 2. The molecule has 0 aliphatic rings. The van der Waals surface area contributed by atoms with Crippen LogP contribution in [0.1, 0.15) is 11.1 Å². The topological polar surface area (TPSA) is 86.1 Å². The fourth-order valence-electron chi connectivity index (χ4n) is 2.16. The Bertz CT molecular complexity index is 941. The van der Waals surface area contributed by atoms with Crippen molar-refractivity contribution < 1.29 is 4.74 Å². The molecule has 0 aliphatic heterocycles. The van der Waals surface area contributed by atoms with Gasteiger partial charge in [0.05, 0.1) is 7.11 Å². The van der Waals surface area contributed by atoms with Gasteiger partial charge in [-0.25, -0.2) is 4.99 Å². The van der Waals surface area contributed by atoms with E-state index in [0.29, 0.717) is 22.2 Å². The summed E-state index contributed by atoms with van der Waals surface area (Å²) in [5, 5.41) is 20.0. The number of hydrogen-bond donors (Lipinski definition) is 2. The number of aromatic amines is 1. The normalized spacial score (nSPS) is 10.6. The molecule has 3 rings (SSSR count). The lowest BCUT2D eigenvalue weighted by Crippen LogP contribution is -1.92. The molecule has 0 amide bonds. The number of rotatable bonds is 5. The van der Waals surface area contributed by atoms with Crippen molar-refractivity contribution in [3.8, 4) is 11.8 Å². The molecule has 2 N–H and O–H groups in total. The summed E-state index contributed by atoms with van der Waals surface area (Å²) >= 11 is 5.97. The molecule has 0 unspecified atom stereocenters. The quantitative estimate of drug-likeness (QED) is 0.665. The zero-order chi connectivity index (χ0) is 17.6. The van der Waals surface area contributed by atoms with Crippen LogP contribution in [0.5, 0.6) is 5.75 Å². The van der Waals surface area contributed by atoms with E-state index in [1.165, 1.54) is 0 Å². The maximum absolute atomic E-state index is 9.42. The SMILES string of the molecule is COc1ccc(C=Nc2n[nH]c(Nc3cccc(Cl)c3)c2C#N)cc1. The molecular weight excluding hydrogens is 338 g/mol. The maximum Gasteiger partial charge on any atom is 0.193 e. The van der Waals surface area contributed by atoms with Crippen LogP contribution >= 0.6 is 11.6 Å². The largest absolute Gasteiger partial charge is 0.497 e. The van der Waals surface area contributed by atoms with Crippen LogP contribution in [0.15, 0.2) is 53.5 Å². The first-order valence-corrected chi connectivity index (χ1v) is 7.76. The number of aliphatic imine (C=N–C) groups is 1. The molecule has 1 aromatic heterocycles. The van der Waals surface area contributed by atoms with E-state index in [2.05, 4.69) is 26.6 Å². The lowest BCUT2D eigenvalue weighted by Gasteiger charge is -2.03. The maximum atomic E-state index is 9.42. The fourth-order valence-corrected chi connectivity index (χ4v) is 2.35. The summed E-state index contributed by atoms with van der Waals surface area (Å²) < 4.78 is 5.11. The third kappa shape index (κ3) is 3.97. The first kappa shape index (κ1) is 16.6. The predicted molar refractivity (Wildman–Crippen MR) is 98.3 cm³/mol. The summed E-state index contributed by atoms with van der Waals surface area (Å²) in [6.45, 7) is 0. The Morgan fingerprint density at radius 2 is 2.08 bits per heavy atom.